The van der Waals surface area contributed by atoms with E-state index in [4.69, 9.17) is 5.26 Å². The van der Waals surface area contributed by atoms with E-state index in [1.54, 1.807) is 0 Å². The summed E-state index contributed by atoms with van der Waals surface area (Å²) in [4.78, 5) is 0. The number of nitrogens with two attached hydrogens (primary N) is 1. The molecule has 0 atom stereocenters. The molecule has 1 aromatic rings. The van der Waals surface area contributed by atoms with Crippen LogP contribution in [0.5, 0.6) is 0 Å². The molecule has 0 unspecified atom stereocenters. The Labute approximate surface area is 90.3 Å². The topological polar surface area (TPSA) is 49.8 Å². The van der Waals surface area contributed by atoms with Gasteiger partial charge in [0.15, 0.2) is 6.19 Å². The lowest BCUT2D eigenvalue weighted by Crippen LogP contribution is -1.77. The van der Waals surface area contributed by atoms with Gasteiger partial charge in [-0.25, -0.2) is 0 Å². The van der Waals surface area contributed by atoms with Gasteiger partial charge < -0.3 is 5.73 Å². The molecule has 76 valence electrons. The zero-order chi connectivity index (χ0) is 11.4. The Hall–Kier alpha value is -2.01. The van der Waals surface area contributed by atoms with Crippen LogP contribution in [-0.4, -0.2) is 0 Å². The highest BCUT2D eigenvalue weighted by atomic mass is 14.5. The molecule has 2 heteroatoms. The summed E-state index contributed by atoms with van der Waals surface area (Å²) < 4.78 is 0. The van der Waals surface area contributed by atoms with Crippen molar-refractivity contribution in [3.05, 3.63) is 48.0 Å². The van der Waals surface area contributed by atoms with Gasteiger partial charge in [-0.15, -0.1) is 0 Å². The summed E-state index contributed by atoms with van der Waals surface area (Å²) >= 11 is 0. The lowest BCUT2D eigenvalue weighted by atomic mass is 10.1. The lowest BCUT2D eigenvalue weighted by Gasteiger charge is -1.99. The molecule has 0 saturated heterocycles. The van der Waals surface area contributed by atoms with Crippen LogP contribution in [-0.2, 0) is 0 Å². The molecule has 2 nitrogen and oxygen atoms in total. The number of nitriles is 1. The van der Waals surface area contributed by atoms with Crippen molar-refractivity contribution in [3.63, 3.8) is 0 Å². The molecule has 0 radical (unpaired) electrons. The number of allylic oxidation sites excluding steroid dienone is 1. The van der Waals surface area contributed by atoms with Gasteiger partial charge in [0, 0.05) is 0 Å². The van der Waals surface area contributed by atoms with Crippen molar-refractivity contribution in [1.29, 1.82) is 5.26 Å². The van der Waals surface area contributed by atoms with Gasteiger partial charge in [0.05, 0.1) is 0 Å². The minimum atomic E-state index is 1.02. The van der Waals surface area contributed by atoms with E-state index in [1.807, 2.05) is 0 Å². The molecule has 0 fully saturated rings. The molecule has 0 saturated carbocycles. The first kappa shape index (κ1) is 11.1. The maximum Gasteiger partial charge on any atom is 0.173 e. The third-order valence-corrected chi connectivity index (χ3v) is 2.44. The van der Waals surface area contributed by atoms with Crippen LogP contribution in [0.4, 0.5) is 0 Å². The van der Waals surface area contributed by atoms with E-state index in [9.17, 15) is 0 Å². The maximum atomic E-state index is 7.10. The van der Waals surface area contributed by atoms with Crippen LogP contribution in [0.25, 0.3) is 11.1 Å². The highest BCUT2D eigenvalue weighted by molar-refractivity contribution is 5.99. The van der Waals surface area contributed by atoms with Crippen molar-refractivity contribution < 1.29 is 0 Å². The van der Waals surface area contributed by atoms with Gasteiger partial charge in [-0.1, -0.05) is 32.2 Å². The van der Waals surface area contributed by atoms with Gasteiger partial charge in [0.25, 0.3) is 0 Å². The lowest BCUT2D eigenvalue weighted by molar-refractivity contribution is 1.25. The van der Waals surface area contributed by atoms with E-state index in [0.29, 0.717) is 0 Å². The van der Waals surface area contributed by atoms with Crippen LogP contribution in [0.1, 0.15) is 30.0 Å². The molecule has 0 bridgehead atoms. The molecule has 1 aliphatic carbocycles. The van der Waals surface area contributed by atoms with Crippen LogP contribution < -0.4 is 5.73 Å². The van der Waals surface area contributed by atoms with E-state index in [1.165, 1.54) is 34.0 Å². The van der Waals surface area contributed by atoms with Gasteiger partial charge in [-0.05, 0) is 40.3 Å². The molecule has 0 aliphatic heterocycles. The van der Waals surface area contributed by atoms with Crippen molar-refractivity contribution in [2.45, 2.75) is 13.3 Å². The molecule has 2 rings (SSSR count). The minimum Gasteiger partial charge on any atom is -0.337 e. The van der Waals surface area contributed by atoms with Crippen molar-refractivity contribution in [3.8, 4) is 6.19 Å². The van der Waals surface area contributed by atoms with Crippen molar-refractivity contribution in [1.82, 2.24) is 0 Å². The molecular formula is C13H14N2. The van der Waals surface area contributed by atoms with Gasteiger partial charge >= 0.3 is 0 Å². The highest BCUT2D eigenvalue weighted by Crippen LogP contribution is 2.41. The first-order valence-corrected chi connectivity index (χ1v) is 4.77. The van der Waals surface area contributed by atoms with E-state index in [0.717, 1.165) is 6.42 Å². The monoisotopic (exact) mass is 198 g/mol. The second kappa shape index (κ2) is 4.47. The summed E-state index contributed by atoms with van der Waals surface area (Å²) in [5, 5.41) is 7.10. The third-order valence-electron chi connectivity index (χ3n) is 2.44. The van der Waals surface area contributed by atoms with Crippen LogP contribution in [0, 0.1) is 11.5 Å². The Kier molecular flexibility index (Phi) is 3.30. The molecule has 1 aliphatic rings. The minimum absolute atomic E-state index is 1.02. The third kappa shape index (κ3) is 2.26. The normalized spacial score (nSPS) is 10.5. The quantitative estimate of drug-likeness (QED) is 0.595. The second-order valence-electron chi connectivity index (χ2n) is 3.33. The Balaban J connectivity index is 0.000000337. The Bertz CT molecular complexity index is 450. The first-order chi connectivity index (χ1) is 7.15. The smallest absolute Gasteiger partial charge is 0.173 e. The van der Waals surface area contributed by atoms with Crippen molar-refractivity contribution in [2.24, 2.45) is 5.73 Å². The second-order valence-corrected chi connectivity index (χ2v) is 3.33. The molecule has 0 heterocycles. The van der Waals surface area contributed by atoms with Gasteiger partial charge in [0.2, 0.25) is 0 Å². The average Bonchev–Trinajstić information content (AvgIpc) is 2.89. The molecule has 0 aromatic heterocycles. The highest BCUT2D eigenvalue weighted by Gasteiger charge is 2.22. The van der Waals surface area contributed by atoms with Crippen LogP contribution in [0.3, 0.4) is 0 Å². The van der Waals surface area contributed by atoms with Crippen molar-refractivity contribution >= 4 is 11.1 Å². The fourth-order valence-corrected chi connectivity index (χ4v) is 1.42. The molecule has 0 spiro atoms. The molecule has 1 aromatic carbocycles. The number of nitrogens with zero attached hydrogens (tertiary/aromatic N) is 1. The number of rotatable bonds is 2. The summed E-state index contributed by atoms with van der Waals surface area (Å²) in [6, 6.07) is 6.44. The zero-order valence-electron chi connectivity index (χ0n) is 8.88. The fourth-order valence-electron chi connectivity index (χ4n) is 1.42. The number of fused-ring (bicyclic) bond motifs is 1. The van der Waals surface area contributed by atoms with Gasteiger partial charge in [-0.3, -0.25) is 0 Å². The summed E-state index contributed by atoms with van der Waals surface area (Å²) in [7, 11) is 0. The largest absolute Gasteiger partial charge is 0.337 e. The van der Waals surface area contributed by atoms with Gasteiger partial charge in [0.1, 0.15) is 0 Å². The first-order valence-electron chi connectivity index (χ1n) is 4.77. The van der Waals surface area contributed by atoms with E-state index in [-0.39, 0.29) is 0 Å². The van der Waals surface area contributed by atoms with E-state index >= 15 is 0 Å². The predicted molar refractivity (Wildman–Crippen MR) is 63.7 cm³/mol. The van der Waals surface area contributed by atoms with Crippen molar-refractivity contribution in [2.75, 3.05) is 0 Å². The van der Waals surface area contributed by atoms with Gasteiger partial charge in [-0.2, -0.15) is 5.26 Å². The fraction of sp³-hybridized carbons (Fsp3) is 0.154. The molecule has 0 amide bonds. The van der Waals surface area contributed by atoms with E-state index in [2.05, 4.69) is 44.0 Å². The maximum absolute atomic E-state index is 7.10. The summed E-state index contributed by atoms with van der Waals surface area (Å²) in [5.74, 6) is 0. The standard InChI is InChI=1S/C12H12.CH2N2/c1-4-8(2)10-5-6-11-9(3)12(11)7-10;2-1-3/h5-7H,2-4H2,1H3;2H2. The number of benzene rings is 1. The van der Waals surface area contributed by atoms with Crippen LogP contribution in [0.2, 0.25) is 0 Å². The summed E-state index contributed by atoms with van der Waals surface area (Å²) in [6.07, 6.45) is 2.27. The van der Waals surface area contributed by atoms with E-state index < -0.39 is 0 Å². The summed E-state index contributed by atoms with van der Waals surface area (Å²) in [6.45, 7) is 10.1. The Morgan fingerprint density at radius 1 is 1.47 bits per heavy atom. The molecular weight excluding hydrogens is 184 g/mol. The van der Waals surface area contributed by atoms with Crippen LogP contribution in [0.15, 0.2) is 31.4 Å². The Morgan fingerprint density at radius 3 is 2.53 bits per heavy atom. The number of hydrogen-bond donors (Lipinski definition) is 1. The molecule has 15 heavy (non-hydrogen) atoms. The summed E-state index contributed by atoms with van der Waals surface area (Å²) in [5.41, 5.74) is 10.5. The average molecular weight is 198 g/mol. The Morgan fingerprint density at radius 2 is 2.07 bits per heavy atom. The number of hydrogen-bond acceptors (Lipinski definition) is 2. The van der Waals surface area contributed by atoms with Crippen LogP contribution >= 0.6 is 0 Å². The predicted octanol–water partition coefficient (Wildman–Crippen LogP) is 2.91. The zero-order valence-corrected chi connectivity index (χ0v) is 8.88. The molecule has 2 N–H and O–H groups in total. The SMILES string of the molecule is C=C(CC)c1ccc2c(c1)C2=C.N#CN.